The van der Waals surface area contributed by atoms with Gasteiger partial charge in [-0.25, -0.2) is 4.98 Å². The minimum atomic E-state index is -0.0743. The van der Waals surface area contributed by atoms with E-state index in [1.165, 1.54) is 0 Å². The number of aryl methyl sites for hydroxylation is 1. The summed E-state index contributed by atoms with van der Waals surface area (Å²) in [6.45, 7) is 2.56. The van der Waals surface area contributed by atoms with Gasteiger partial charge in [0.15, 0.2) is 0 Å². The molecule has 2 aromatic heterocycles. The molecule has 0 saturated carbocycles. The van der Waals surface area contributed by atoms with Gasteiger partial charge < -0.3 is 5.32 Å². The molecule has 0 radical (unpaired) electrons. The summed E-state index contributed by atoms with van der Waals surface area (Å²) in [7, 11) is 0. The van der Waals surface area contributed by atoms with Gasteiger partial charge >= 0.3 is 0 Å². The number of H-pyrrole nitrogens is 1. The molecule has 0 bridgehead atoms. The van der Waals surface area contributed by atoms with Gasteiger partial charge in [-0.05, 0) is 19.1 Å². The fourth-order valence-corrected chi connectivity index (χ4v) is 2.76. The maximum Gasteiger partial charge on any atom is 0.251 e. The lowest BCUT2D eigenvalue weighted by molar-refractivity contribution is 0.0954. The second-order valence-corrected chi connectivity index (χ2v) is 5.50. The number of hydrogen-bond acceptors (Lipinski definition) is 4. The number of aromatic amines is 1. The maximum absolute atomic E-state index is 12.0. The van der Waals surface area contributed by atoms with E-state index in [9.17, 15) is 4.79 Å². The summed E-state index contributed by atoms with van der Waals surface area (Å²) in [6, 6.07) is 5.50. The molecule has 0 aliphatic rings. The van der Waals surface area contributed by atoms with E-state index in [4.69, 9.17) is 0 Å². The van der Waals surface area contributed by atoms with Crippen molar-refractivity contribution in [2.45, 2.75) is 13.3 Å². The molecule has 0 saturated heterocycles. The fourth-order valence-electron chi connectivity index (χ4n) is 1.98. The third-order valence-corrected chi connectivity index (χ3v) is 4.02. The molecule has 0 atom stereocenters. The number of rotatable bonds is 4. The van der Waals surface area contributed by atoms with Crippen molar-refractivity contribution < 1.29 is 4.79 Å². The molecule has 0 fully saturated rings. The first-order chi connectivity index (χ1) is 9.72. The van der Waals surface area contributed by atoms with E-state index < -0.39 is 0 Å². The quantitative estimate of drug-likeness (QED) is 0.773. The molecule has 1 amide bonds. The van der Waals surface area contributed by atoms with Crippen molar-refractivity contribution >= 4 is 28.1 Å². The van der Waals surface area contributed by atoms with Crippen molar-refractivity contribution in [3.8, 4) is 0 Å². The summed E-state index contributed by atoms with van der Waals surface area (Å²) in [5, 5.41) is 13.8. The Morgan fingerprint density at radius 3 is 3.15 bits per heavy atom. The maximum atomic E-state index is 12.0. The van der Waals surface area contributed by atoms with E-state index >= 15 is 0 Å². The van der Waals surface area contributed by atoms with Crippen molar-refractivity contribution in [3.63, 3.8) is 0 Å². The lowest BCUT2D eigenvalue weighted by atomic mass is 10.1. The van der Waals surface area contributed by atoms with Gasteiger partial charge in [0.25, 0.3) is 5.91 Å². The van der Waals surface area contributed by atoms with Crippen molar-refractivity contribution in [1.29, 1.82) is 0 Å². The molecule has 5 nitrogen and oxygen atoms in total. The molecule has 2 heterocycles. The van der Waals surface area contributed by atoms with Crippen LogP contribution in [0.4, 0.5) is 0 Å². The summed E-state index contributed by atoms with van der Waals surface area (Å²) >= 11 is 1.62. The number of carbonyl (C=O) groups excluding carboxylic acids is 1. The topological polar surface area (TPSA) is 70.7 Å². The molecule has 2 N–H and O–H groups in total. The first kappa shape index (κ1) is 12.8. The highest BCUT2D eigenvalue weighted by Gasteiger charge is 2.07. The average molecular weight is 286 g/mol. The Kier molecular flexibility index (Phi) is 3.47. The highest BCUT2D eigenvalue weighted by atomic mass is 32.1. The van der Waals surface area contributed by atoms with Crippen molar-refractivity contribution in [1.82, 2.24) is 20.5 Å². The highest BCUT2D eigenvalue weighted by molar-refractivity contribution is 7.09. The number of aromatic nitrogens is 3. The van der Waals surface area contributed by atoms with Crippen molar-refractivity contribution in [2.24, 2.45) is 0 Å². The predicted octanol–water partition coefficient (Wildman–Crippen LogP) is 2.30. The van der Waals surface area contributed by atoms with Gasteiger partial charge in [0.1, 0.15) is 0 Å². The van der Waals surface area contributed by atoms with Gasteiger partial charge in [0, 0.05) is 35.0 Å². The van der Waals surface area contributed by atoms with Crippen LogP contribution in [0.25, 0.3) is 10.9 Å². The largest absolute Gasteiger partial charge is 0.352 e. The second-order valence-electron chi connectivity index (χ2n) is 4.56. The molecule has 3 rings (SSSR count). The summed E-state index contributed by atoms with van der Waals surface area (Å²) in [4.78, 5) is 16.4. The van der Waals surface area contributed by atoms with Crippen LogP contribution < -0.4 is 5.32 Å². The van der Waals surface area contributed by atoms with Gasteiger partial charge in [-0.2, -0.15) is 5.10 Å². The molecule has 1 aromatic carbocycles. The van der Waals surface area contributed by atoms with Crippen LogP contribution >= 0.6 is 11.3 Å². The van der Waals surface area contributed by atoms with Gasteiger partial charge in [0.05, 0.1) is 16.7 Å². The van der Waals surface area contributed by atoms with Crippen molar-refractivity contribution in [2.75, 3.05) is 6.54 Å². The zero-order valence-corrected chi connectivity index (χ0v) is 11.8. The van der Waals surface area contributed by atoms with Gasteiger partial charge in [0.2, 0.25) is 0 Å². The van der Waals surface area contributed by atoms with Crippen LogP contribution in [0.2, 0.25) is 0 Å². The number of thiazole rings is 1. The van der Waals surface area contributed by atoms with E-state index in [2.05, 4.69) is 20.5 Å². The summed E-state index contributed by atoms with van der Waals surface area (Å²) in [5.74, 6) is -0.0743. The third-order valence-electron chi connectivity index (χ3n) is 3.00. The number of nitrogens with zero attached hydrogens (tertiary/aromatic N) is 2. The number of hydrogen-bond donors (Lipinski definition) is 2. The molecule has 20 heavy (non-hydrogen) atoms. The monoisotopic (exact) mass is 286 g/mol. The van der Waals surface area contributed by atoms with E-state index in [0.717, 1.165) is 28.0 Å². The first-order valence-corrected chi connectivity index (χ1v) is 7.23. The van der Waals surface area contributed by atoms with Gasteiger partial charge in [-0.1, -0.05) is 6.07 Å². The standard InChI is InChI=1S/C14H14N4OS/c1-9-8-20-13(17-9)4-5-15-14(19)10-2-3-11-7-16-18-12(11)6-10/h2-3,6-8H,4-5H2,1H3,(H,15,19)(H,16,18). The number of benzene rings is 1. The van der Waals surface area contributed by atoms with Crippen LogP contribution in [0.3, 0.4) is 0 Å². The minimum Gasteiger partial charge on any atom is -0.352 e. The van der Waals surface area contributed by atoms with Gasteiger partial charge in [-0.15, -0.1) is 11.3 Å². The summed E-state index contributed by atoms with van der Waals surface area (Å²) < 4.78 is 0. The summed E-state index contributed by atoms with van der Waals surface area (Å²) in [6.07, 6.45) is 2.50. The Balaban J connectivity index is 1.61. The van der Waals surface area contributed by atoms with Crippen LogP contribution in [-0.4, -0.2) is 27.6 Å². The Morgan fingerprint density at radius 2 is 2.35 bits per heavy atom. The molecule has 0 spiro atoms. The second kappa shape index (κ2) is 5.42. The van der Waals surface area contributed by atoms with E-state index in [1.807, 2.05) is 24.4 Å². The third kappa shape index (κ3) is 2.70. The van der Waals surface area contributed by atoms with Crippen LogP contribution in [-0.2, 0) is 6.42 Å². The molecule has 0 unspecified atom stereocenters. The Labute approximate surface area is 120 Å². The summed E-state index contributed by atoms with van der Waals surface area (Å²) in [5.41, 5.74) is 2.53. The van der Waals surface area contributed by atoms with Crippen LogP contribution in [0.15, 0.2) is 29.8 Å². The Hall–Kier alpha value is -2.21. The Morgan fingerprint density at radius 1 is 1.45 bits per heavy atom. The van der Waals surface area contributed by atoms with Gasteiger partial charge in [-0.3, -0.25) is 9.89 Å². The molecular formula is C14H14N4OS. The SMILES string of the molecule is Cc1csc(CCNC(=O)c2ccc3cn[nH]c3c2)n1. The van der Waals surface area contributed by atoms with E-state index in [-0.39, 0.29) is 5.91 Å². The predicted molar refractivity (Wildman–Crippen MR) is 79.0 cm³/mol. The number of fused-ring (bicyclic) bond motifs is 1. The number of nitrogens with one attached hydrogen (secondary N) is 2. The number of amides is 1. The zero-order chi connectivity index (χ0) is 13.9. The molecule has 102 valence electrons. The van der Waals surface area contributed by atoms with Crippen LogP contribution in [0.5, 0.6) is 0 Å². The minimum absolute atomic E-state index is 0.0743. The van der Waals surface area contributed by atoms with E-state index in [0.29, 0.717) is 12.1 Å². The lowest BCUT2D eigenvalue weighted by Gasteiger charge is -2.04. The smallest absolute Gasteiger partial charge is 0.251 e. The molecular weight excluding hydrogens is 272 g/mol. The fraction of sp³-hybridized carbons (Fsp3) is 0.214. The molecule has 0 aliphatic heterocycles. The van der Waals surface area contributed by atoms with Crippen LogP contribution in [0.1, 0.15) is 21.1 Å². The molecule has 6 heteroatoms. The van der Waals surface area contributed by atoms with Crippen molar-refractivity contribution in [3.05, 3.63) is 46.0 Å². The molecule has 3 aromatic rings. The number of carbonyl (C=O) groups is 1. The molecule has 0 aliphatic carbocycles. The lowest BCUT2D eigenvalue weighted by Crippen LogP contribution is -2.25. The average Bonchev–Trinajstić information content (AvgIpc) is 3.06. The highest BCUT2D eigenvalue weighted by Crippen LogP contribution is 2.13. The zero-order valence-electron chi connectivity index (χ0n) is 11.0. The first-order valence-electron chi connectivity index (χ1n) is 6.35. The normalized spacial score (nSPS) is 10.8. The van der Waals surface area contributed by atoms with Crippen LogP contribution in [0, 0.1) is 6.92 Å². The van der Waals surface area contributed by atoms with E-state index in [1.54, 1.807) is 23.6 Å². The Bertz CT molecular complexity index is 746.